The maximum atomic E-state index is 5.06. The van der Waals surface area contributed by atoms with E-state index in [0.29, 0.717) is 6.61 Å². The number of benzene rings is 1. The SMILES string of the molecule is COCc1ncc(CN2CCC[C@](C)(c3ccccc3)C2)cn1. The molecule has 122 valence electrons. The highest BCUT2D eigenvalue weighted by atomic mass is 16.5. The van der Waals surface area contributed by atoms with E-state index in [4.69, 9.17) is 4.74 Å². The highest BCUT2D eigenvalue weighted by Gasteiger charge is 2.32. The maximum Gasteiger partial charge on any atom is 0.153 e. The Bertz CT molecular complexity index is 614. The van der Waals surface area contributed by atoms with Crippen LogP contribution in [0.25, 0.3) is 0 Å². The summed E-state index contributed by atoms with van der Waals surface area (Å²) in [6, 6.07) is 10.9. The number of hydrogen-bond donors (Lipinski definition) is 0. The molecule has 0 unspecified atom stereocenters. The van der Waals surface area contributed by atoms with Gasteiger partial charge in [0.05, 0.1) is 0 Å². The molecule has 1 aliphatic heterocycles. The third-order valence-corrected chi connectivity index (χ3v) is 4.68. The largest absolute Gasteiger partial charge is 0.377 e. The van der Waals surface area contributed by atoms with E-state index in [1.165, 1.54) is 24.0 Å². The number of rotatable bonds is 5. The van der Waals surface area contributed by atoms with E-state index >= 15 is 0 Å². The van der Waals surface area contributed by atoms with Gasteiger partial charge in [-0.05, 0) is 24.9 Å². The van der Waals surface area contributed by atoms with Gasteiger partial charge in [0.2, 0.25) is 0 Å². The molecule has 1 aromatic heterocycles. The van der Waals surface area contributed by atoms with Gasteiger partial charge >= 0.3 is 0 Å². The number of likely N-dealkylation sites (tertiary alicyclic amines) is 1. The third kappa shape index (κ3) is 3.95. The summed E-state index contributed by atoms with van der Waals surface area (Å²) < 4.78 is 5.06. The molecule has 1 aliphatic rings. The van der Waals surface area contributed by atoms with Gasteiger partial charge in [0.1, 0.15) is 6.61 Å². The Morgan fingerprint density at radius 1 is 1.17 bits per heavy atom. The molecule has 1 saturated heterocycles. The quantitative estimate of drug-likeness (QED) is 0.850. The first-order valence-corrected chi connectivity index (χ1v) is 8.26. The molecule has 23 heavy (non-hydrogen) atoms. The summed E-state index contributed by atoms with van der Waals surface area (Å²) in [6.45, 7) is 5.98. The van der Waals surface area contributed by atoms with Crippen molar-refractivity contribution in [1.29, 1.82) is 0 Å². The van der Waals surface area contributed by atoms with Crippen LogP contribution in [0.5, 0.6) is 0 Å². The lowest BCUT2D eigenvalue weighted by Gasteiger charge is -2.41. The first kappa shape index (κ1) is 16.1. The predicted molar refractivity (Wildman–Crippen MR) is 91.1 cm³/mol. The Kier molecular flexibility index (Phi) is 5.03. The first-order valence-electron chi connectivity index (χ1n) is 8.26. The van der Waals surface area contributed by atoms with Crippen LogP contribution in [0.3, 0.4) is 0 Å². The lowest BCUT2D eigenvalue weighted by atomic mass is 9.76. The lowest BCUT2D eigenvalue weighted by molar-refractivity contribution is 0.149. The third-order valence-electron chi connectivity index (χ3n) is 4.68. The van der Waals surface area contributed by atoms with E-state index in [-0.39, 0.29) is 5.41 Å². The van der Waals surface area contributed by atoms with Crippen molar-refractivity contribution in [2.45, 2.75) is 38.3 Å². The van der Waals surface area contributed by atoms with Crippen molar-refractivity contribution in [3.63, 3.8) is 0 Å². The summed E-state index contributed by atoms with van der Waals surface area (Å²) in [5, 5.41) is 0. The van der Waals surface area contributed by atoms with E-state index in [0.717, 1.165) is 25.5 Å². The minimum atomic E-state index is 0.232. The predicted octanol–water partition coefficient (Wildman–Crippen LogP) is 3.18. The molecule has 0 N–H and O–H groups in total. The van der Waals surface area contributed by atoms with Crippen LogP contribution in [0.4, 0.5) is 0 Å². The zero-order valence-electron chi connectivity index (χ0n) is 14.0. The van der Waals surface area contributed by atoms with Crippen molar-refractivity contribution < 1.29 is 4.74 Å². The Hall–Kier alpha value is -1.78. The molecule has 4 nitrogen and oxygen atoms in total. The fourth-order valence-corrected chi connectivity index (χ4v) is 3.48. The van der Waals surface area contributed by atoms with Gasteiger partial charge in [-0.1, -0.05) is 37.3 Å². The van der Waals surface area contributed by atoms with Gasteiger partial charge in [-0.15, -0.1) is 0 Å². The van der Waals surface area contributed by atoms with Gasteiger partial charge < -0.3 is 4.74 Å². The summed E-state index contributed by atoms with van der Waals surface area (Å²) in [6.07, 6.45) is 6.33. The smallest absolute Gasteiger partial charge is 0.153 e. The van der Waals surface area contributed by atoms with E-state index in [1.807, 2.05) is 12.4 Å². The molecule has 0 bridgehead atoms. The van der Waals surface area contributed by atoms with Crippen molar-refractivity contribution in [3.05, 3.63) is 59.7 Å². The van der Waals surface area contributed by atoms with Crippen LogP contribution in [0, 0.1) is 0 Å². The van der Waals surface area contributed by atoms with E-state index in [1.54, 1.807) is 7.11 Å². The van der Waals surface area contributed by atoms with Crippen molar-refractivity contribution in [3.8, 4) is 0 Å². The molecule has 1 aromatic carbocycles. The zero-order chi connectivity index (χ0) is 16.1. The Morgan fingerprint density at radius 3 is 2.61 bits per heavy atom. The minimum Gasteiger partial charge on any atom is -0.377 e. The summed E-state index contributed by atoms with van der Waals surface area (Å²) in [7, 11) is 1.66. The number of aromatic nitrogens is 2. The fraction of sp³-hybridized carbons (Fsp3) is 0.474. The molecule has 0 spiro atoms. The zero-order valence-corrected chi connectivity index (χ0v) is 14.0. The molecule has 2 aromatic rings. The van der Waals surface area contributed by atoms with Gasteiger partial charge in [-0.25, -0.2) is 9.97 Å². The van der Waals surface area contributed by atoms with Gasteiger partial charge in [0.15, 0.2) is 5.82 Å². The van der Waals surface area contributed by atoms with Crippen LogP contribution in [0.2, 0.25) is 0 Å². The standard InChI is InChI=1S/C19H25N3O/c1-19(17-7-4-3-5-8-17)9-6-10-22(15-19)13-16-11-20-18(14-23-2)21-12-16/h3-5,7-8,11-12H,6,9-10,13-15H2,1-2H3/t19-/m0/s1. The molecule has 0 aliphatic carbocycles. The first-order chi connectivity index (χ1) is 11.2. The van der Waals surface area contributed by atoms with E-state index in [9.17, 15) is 0 Å². The average molecular weight is 311 g/mol. The van der Waals surface area contributed by atoms with E-state index < -0.39 is 0 Å². The summed E-state index contributed by atoms with van der Waals surface area (Å²) in [5.74, 6) is 0.740. The highest BCUT2D eigenvalue weighted by Crippen LogP contribution is 2.33. The molecule has 1 fully saturated rings. The normalized spacial score (nSPS) is 22.2. The molecular weight excluding hydrogens is 286 g/mol. The minimum absolute atomic E-state index is 0.232. The second-order valence-electron chi connectivity index (χ2n) is 6.68. The van der Waals surface area contributed by atoms with Crippen LogP contribution >= 0.6 is 0 Å². The maximum absolute atomic E-state index is 5.06. The lowest BCUT2D eigenvalue weighted by Crippen LogP contribution is -2.43. The summed E-state index contributed by atoms with van der Waals surface area (Å²) >= 11 is 0. The fourth-order valence-electron chi connectivity index (χ4n) is 3.48. The molecule has 4 heteroatoms. The Balaban J connectivity index is 1.67. The monoisotopic (exact) mass is 311 g/mol. The molecule has 2 heterocycles. The Labute approximate surface area is 138 Å². The number of ether oxygens (including phenoxy) is 1. The molecule has 0 radical (unpaired) electrons. The van der Waals surface area contributed by atoms with Crippen LogP contribution in [0.1, 0.15) is 36.7 Å². The summed E-state index contributed by atoms with van der Waals surface area (Å²) in [5.41, 5.74) is 2.84. The van der Waals surface area contributed by atoms with Gasteiger partial charge in [-0.2, -0.15) is 0 Å². The number of piperidine rings is 1. The molecule has 3 rings (SSSR count). The number of methoxy groups -OCH3 is 1. The molecular formula is C19H25N3O. The molecule has 0 saturated carbocycles. The van der Waals surface area contributed by atoms with E-state index in [2.05, 4.69) is 52.1 Å². The van der Waals surface area contributed by atoms with Crippen molar-refractivity contribution in [2.75, 3.05) is 20.2 Å². The second kappa shape index (κ2) is 7.20. The number of nitrogens with zero attached hydrogens (tertiary/aromatic N) is 3. The Morgan fingerprint density at radius 2 is 1.91 bits per heavy atom. The molecule has 1 atom stereocenters. The van der Waals surface area contributed by atoms with Crippen molar-refractivity contribution in [2.24, 2.45) is 0 Å². The number of hydrogen-bond acceptors (Lipinski definition) is 4. The van der Waals surface area contributed by atoms with Gasteiger partial charge in [0, 0.05) is 43.6 Å². The van der Waals surface area contributed by atoms with Crippen LogP contribution < -0.4 is 0 Å². The molecule has 0 amide bonds. The summed E-state index contributed by atoms with van der Waals surface area (Å²) in [4.78, 5) is 11.3. The highest BCUT2D eigenvalue weighted by molar-refractivity contribution is 5.25. The van der Waals surface area contributed by atoms with Crippen molar-refractivity contribution >= 4 is 0 Å². The van der Waals surface area contributed by atoms with Crippen molar-refractivity contribution in [1.82, 2.24) is 14.9 Å². The van der Waals surface area contributed by atoms with Gasteiger partial charge in [0.25, 0.3) is 0 Å². The van der Waals surface area contributed by atoms with Crippen LogP contribution in [-0.2, 0) is 23.3 Å². The topological polar surface area (TPSA) is 38.2 Å². The van der Waals surface area contributed by atoms with Crippen LogP contribution in [0.15, 0.2) is 42.7 Å². The van der Waals surface area contributed by atoms with Gasteiger partial charge in [-0.3, -0.25) is 4.90 Å². The average Bonchev–Trinajstić information content (AvgIpc) is 2.58. The van der Waals surface area contributed by atoms with Crippen LogP contribution in [-0.4, -0.2) is 35.1 Å². The second-order valence-corrected chi connectivity index (χ2v) is 6.68.